The molecule has 5 rings (SSSR count). The molecule has 0 bridgehead atoms. The number of fused-ring (bicyclic) bond motifs is 4. The van der Waals surface area contributed by atoms with E-state index in [-0.39, 0.29) is 18.2 Å². The standard InChI is InChI=1S/C24H24N4O6/c1-13-4-6-17(7-5-13)27-22(30)24(21(29)25-23(27)31)11-16-10-18(28(32)33)8-9-19(16)26-12-14(2)34-15(3)20(24)26/h4-10,14-15,20H,11-12H2,1-3H3,(H,25,29,31)/t14-,15+,20-,24+/m1/s1. The summed E-state index contributed by atoms with van der Waals surface area (Å²) in [6.07, 6.45) is -0.802. The Bertz CT molecular complexity index is 1230. The van der Waals surface area contributed by atoms with Crippen molar-refractivity contribution in [1.29, 1.82) is 0 Å². The Kier molecular flexibility index (Phi) is 4.94. The second-order valence-corrected chi connectivity index (χ2v) is 9.20. The van der Waals surface area contributed by atoms with E-state index in [0.29, 0.717) is 17.8 Å². The van der Waals surface area contributed by atoms with Crippen molar-refractivity contribution in [3.63, 3.8) is 0 Å². The molecule has 0 aliphatic carbocycles. The van der Waals surface area contributed by atoms with Gasteiger partial charge in [0.15, 0.2) is 5.41 Å². The number of nitro benzene ring substituents is 1. The molecule has 4 amide bonds. The zero-order chi connectivity index (χ0) is 24.4. The molecule has 0 aromatic heterocycles. The fourth-order valence-corrected chi connectivity index (χ4v) is 5.55. The minimum atomic E-state index is -1.71. The predicted octanol–water partition coefficient (Wildman–Crippen LogP) is 2.71. The number of hydrogen-bond acceptors (Lipinski definition) is 7. The highest BCUT2D eigenvalue weighted by Gasteiger charge is 2.65. The Morgan fingerprint density at radius 2 is 1.82 bits per heavy atom. The van der Waals surface area contributed by atoms with Crippen LogP contribution in [0.5, 0.6) is 0 Å². The summed E-state index contributed by atoms with van der Waals surface area (Å²) >= 11 is 0. The molecular weight excluding hydrogens is 440 g/mol. The van der Waals surface area contributed by atoms with Crippen molar-refractivity contribution in [2.45, 2.75) is 45.4 Å². The van der Waals surface area contributed by atoms with E-state index in [4.69, 9.17) is 4.74 Å². The zero-order valence-electron chi connectivity index (χ0n) is 19.0. The number of nitrogens with one attached hydrogen (secondary N) is 1. The third kappa shape index (κ3) is 3.09. The van der Waals surface area contributed by atoms with Gasteiger partial charge in [-0.05, 0) is 44.5 Å². The number of barbiturate groups is 1. The maximum Gasteiger partial charge on any atom is 0.335 e. The van der Waals surface area contributed by atoms with Crippen LogP contribution in [-0.4, -0.2) is 47.6 Å². The third-order valence-electron chi connectivity index (χ3n) is 6.94. The van der Waals surface area contributed by atoms with Crippen molar-refractivity contribution < 1.29 is 24.0 Å². The molecule has 0 unspecified atom stereocenters. The summed E-state index contributed by atoms with van der Waals surface area (Å²) in [6.45, 7) is 5.97. The average Bonchev–Trinajstić information content (AvgIpc) is 2.78. The molecule has 4 atom stereocenters. The summed E-state index contributed by atoms with van der Waals surface area (Å²) in [5, 5.41) is 13.8. The highest BCUT2D eigenvalue weighted by atomic mass is 16.6. The molecule has 3 aliphatic heterocycles. The first-order valence-corrected chi connectivity index (χ1v) is 11.1. The molecule has 3 heterocycles. The van der Waals surface area contributed by atoms with Crippen LogP contribution >= 0.6 is 0 Å². The van der Waals surface area contributed by atoms with Crippen LogP contribution in [0.15, 0.2) is 42.5 Å². The Labute approximate surface area is 195 Å². The van der Waals surface area contributed by atoms with Crippen molar-refractivity contribution in [1.82, 2.24) is 5.32 Å². The number of aryl methyl sites for hydroxylation is 1. The van der Waals surface area contributed by atoms with Gasteiger partial charge in [-0.3, -0.25) is 25.0 Å². The number of nitrogens with zero attached hydrogens (tertiary/aromatic N) is 3. The minimum Gasteiger partial charge on any atom is -0.372 e. The summed E-state index contributed by atoms with van der Waals surface area (Å²) < 4.78 is 6.05. The first kappa shape index (κ1) is 22.0. The molecule has 3 aliphatic rings. The van der Waals surface area contributed by atoms with E-state index in [2.05, 4.69) is 5.32 Å². The van der Waals surface area contributed by atoms with Crippen LogP contribution in [0.25, 0.3) is 0 Å². The summed E-state index contributed by atoms with van der Waals surface area (Å²) in [5.74, 6) is -1.38. The average molecular weight is 464 g/mol. The number of benzene rings is 2. The highest BCUT2D eigenvalue weighted by molar-refractivity contribution is 6.30. The van der Waals surface area contributed by atoms with Gasteiger partial charge < -0.3 is 9.64 Å². The lowest BCUT2D eigenvalue weighted by atomic mass is 9.66. The van der Waals surface area contributed by atoms with E-state index in [9.17, 15) is 24.5 Å². The smallest absolute Gasteiger partial charge is 0.335 e. The second kappa shape index (κ2) is 7.63. The van der Waals surface area contributed by atoms with Crippen molar-refractivity contribution in [2.24, 2.45) is 5.41 Å². The highest BCUT2D eigenvalue weighted by Crippen LogP contribution is 2.48. The van der Waals surface area contributed by atoms with E-state index in [1.807, 2.05) is 18.7 Å². The van der Waals surface area contributed by atoms with Gasteiger partial charge in [-0.1, -0.05) is 17.7 Å². The van der Waals surface area contributed by atoms with Gasteiger partial charge in [-0.2, -0.15) is 0 Å². The normalized spacial score (nSPS) is 28.4. The summed E-state index contributed by atoms with van der Waals surface area (Å²) in [4.78, 5) is 54.4. The number of nitro groups is 1. The van der Waals surface area contributed by atoms with E-state index in [1.54, 1.807) is 37.3 Å². The predicted molar refractivity (Wildman–Crippen MR) is 123 cm³/mol. The molecule has 2 saturated heterocycles. The number of amides is 4. The number of rotatable bonds is 2. The van der Waals surface area contributed by atoms with Crippen molar-refractivity contribution >= 4 is 34.9 Å². The van der Waals surface area contributed by atoms with Gasteiger partial charge in [0.25, 0.3) is 11.6 Å². The number of anilines is 2. The van der Waals surface area contributed by atoms with E-state index in [0.717, 1.165) is 16.2 Å². The number of carbonyl (C=O) groups is 3. The van der Waals surface area contributed by atoms with Gasteiger partial charge >= 0.3 is 6.03 Å². The molecule has 176 valence electrons. The molecule has 2 fully saturated rings. The number of ether oxygens (including phenoxy) is 1. The second-order valence-electron chi connectivity index (χ2n) is 9.20. The molecule has 10 heteroatoms. The Balaban J connectivity index is 1.70. The Morgan fingerprint density at radius 3 is 2.50 bits per heavy atom. The zero-order valence-corrected chi connectivity index (χ0v) is 19.0. The van der Waals surface area contributed by atoms with E-state index < -0.39 is 40.3 Å². The minimum absolute atomic E-state index is 0.0897. The number of non-ortho nitro benzene ring substituents is 1. The lowest BCUT2D eigenvalue weighted by Gasteiger charge is -2.56. The summed E-state index contributed by atoms with van der Waals surface area (Å²) in [5.41, 5.74) is 0.690. The lowest BCUT2D eigenvalue weighted by Crippen LogP contribution is -2.76. The molecular formula is C24H24N4O6. The monoisotopic (exact) mass is 464 g/mol. The van der Waals surface area contributed by atoms with Crippen molar-refractivity contribution in [3.05, 3.63) is 63.7 Å². The number of urea groups is 1. The molecule has 1 spiro atoms. The van der Waals surface area contributed by atoms with Gasteiger partial charge in [-0.25, -0.2) is 9.69 Å². The molecule has 10 nitrogen and oxygen atoms in total. The Hall–Kier alpha value is -3.79. The van der Waals surface area contributed by atoms with Gasteiger partial charge in [0.1, 0.15) is 0 Å². The number of hydrogen-bond donors (Lipinski definition) is 1. The topological polar surface area (TPSA) is 122 Å². The quantitative estimate of drug-likeness (QED) is 0.412. The summed E-state index contributed by atoms with van der Waals surface area (Å²) in [6, 6.07) is 9.82. The molecule has 0 saturated carbocycles. The van der Waals surface area contributed by atoms with Crippen LogP contribution in [0.4, 0.5) is 21.9 Å². The first-order valence-electron chi connectivity index (χ1n) is 11.1. The number of imide groups is 2. The first-order chi connectivity index (χ1) is 16.1. The number of carbonyl (C=O) groups excluding carboxylic acids is 3. The van der Waals surface area contributed by atoms with Crippen LogP contribution in [0.3, 0.4) is 0 Å². The van der Waals surface area contributed by atoms with E-state index >= 15 is 0 Å². The van der Waals surface area contributed by atoms with Crippen LogP contribution in [-0.2, 0) is 20.7 Å². The third-order valence-corrected chi connectivity index (χ3v) is 6.94. The molecule has 1 N–H and O–H groups in total. The van der Waals surface area contributed by atoms with Gasteiger partial charge in [0, 0.05) is 30.8 Å². The largest absolute Gasteiger partial charge is 0.372 e. The maximum absolute atomic E-state index is 14.1. The fourth-order valence-electron chi connectivity index (χ4n) is 5.55. The summed E-state index contributed by atoms with van der Waals surface area (Å²) in [7, 11) is 0. The van der Waals surface area contributed by atoms with Gasteiger partial charge in [-0.15, -0.1) is 0 Å². The van der Waals surface area contributed by atoms with Crippen LogP contribution in [0.2, 0.25) is 0 Å². The molecule has 2 aromatic carbocycles. The van der Waals surface area contributed by atoms with Crippen LogP contribution in [0.1, 0.15) is 25.0 Å². The van der Waals surface area contributed by atoms with Gasteiger partial charge in [0.2, 0.25) is 5.91 Å². The van der Waals surface area contributed by atoms with Crippen molar-refractivity contribution in [2.75, 3.05) is 16.3 Å². The lowest BCUT2D eigenvalue weighted by molar-refractivity contribution is -0.384. The van der Waals surface area contributed by atoms with Crippen LogP contribution in [0, 0.1) is 22.5 Å². The van der Waals surface area contributed by atoms with Crippen LogP contribution < -0.4 is 15.1 Å². The Morgan fingerprint density at radius 1 is 1.12 bits per heavy atom. The molecule has 34 heavy (non-hydrogen) atoms. The molecule has 0 radical (unpaired) electrons. The number of morpholine rings is 1. The van der Waals surface area contributed by atoms with E-state index in [1.165, 1.54) is 12.1 Å². The van der Waals surface area contributed by atoms with Gasteiger partial charge in [0.05, 0.1) is 28.9 Å². The SMILES string of the molecule is Cc1ccc(N2C(=O)NC(=O)[C@@]3(Cc4cc([N+](=O)[O-])ccc4N4C[C@@H](C)O[C@@H](C)[C@@H]43)C2=O)cc1. The maximum atomic E-state index is 14.1. The van der Waals surface area contributed by atoms with Crippen molar-refractivity contribution in [3.8, 4) is 0 Å². The fraction of sp³-hybridized carbons (Fsp3) is 0.375. The molecule has 2 aromatic rings.